The average Bonchev–Trinajstić information content (AvgIpc) is 3.12. The van der Waals surface area contributed by atoms with Crippen LogP contribution in [0.2, 0.25) is 0 Å². The highest BCUT2D eigenvalue weighted by atomic mass is 19.1. The zero-order valence-electron chi connectivity index (χ0n) is 10.9. The van der Waals surface area contributed by atoms with E-state index in [1.807, 2.05) is 0 Å². The van der Waals surface area contributed by atoms with Crippen LogP contribution in [0.15, 0.2) is 24.3 Å². The van der Waals surface area contributed by atoms with Crippen LogP contribution in [0, 0.1) is 18.6 Å². The predicted molar refractivity (Wildman–Crippen MR) is 69.8 cm³/mol. The lowest BCUT2D eigenvalue weighted by molar-refractivity contribution is 0.0685. The number of carboxylic acid groups (broad SMARTS) is 1. The zero-order chi connectivity index (χ0) is 14.4. The molecule has 0 amide bonds. The summed E-state index contributed by atoms with van der Waals surface area (Å²) in [4.78, 5) is 11.2. The Morgan fingerprint density at radius 2 is 1.95 bits per heavy atom. The Hall–Kier alpha value is -2.17. The molecule has 104 valence electrons. The number of hydrogen-bond donors (Lipinski definition) is 1. The smallest absolute Gasteiger partial charge is 0.352 e. The third-order valence-corrected chi connectivity index (χ3v) is 3.57. The van der Waals surface area contributed by atoms with Crippen molar-refractivity contribution in [3.63, 3.8) is 0 Å². The molecule has 3 nitrogen and oxygen atoms in total. The van der Waals surface area contributed by atoms with Crippen LogP contribution in [0.3, 0.4) is 0 Å². The summed E-state index contributed by atoms with van der Waals surface area (Å²) < 4.78 is 29.3. The molecule has 1 aliphatic rings. The topological polar surface area (TPSA) is 42.2 Å². The van der Waals surface area contributed by atoms with Crippen molar-refractivity contribution in [2.45, 2.75) is 25.8 Å². The lowest BCUT2D eigenvalue weighted by Gasteiger charge is -2.12. The second kappa shape index (κ2) is 4.44. The summed E-state index contributed by atoms with van der Waals surface area (Å²) in [5, 5.41) is 9.18. The van der Waals surface area contributed by atoms with Gasteiger partial charge in [0.15, 0.2) is 0 Å². The molecule has 1 saturated carbocycles. The molecular formula is C15H13F2NO2. The first-order valence-corrected chi connectivity index (χ1v) is 6.39. The summed E-state index contributed by atoms with van der Waals surface area (Å²) in [6, 6.07) is 5.30. The van der Waals surface area contributed by atoms with Crippen LogP contribution >= 0.6 is 0 Å². The molecule has 0 unspecified atom stereocenters. The van der Waals surface area contributed by atoms with E-state index in [-0.39, 0.29) is 22.9 Å². The fraction of sp³-hybridized carbons (Fsp3) is 0.267. The van der Waals surface area contributed by atoms with Crippen molar-refractivity contribution in [1.82, 2.24) is 4.57 Å². The van der Waals surface area contributed by atoms with Gasteiger partial charge in [0.2, 0.25) is 0 Å². The van der Waals surface area contributed by atoms with E-state index in [1.165, 1.54) is 19.1 Å². The van der Waals surface area contributed by atoms with Crippen LogP contribution in [0.25, 0.3) is 11.3 Å². The van der Waals surface area contributed by atoms with Gasteiger partial charge >= 0.3 is 5.97 Å². The van der Waals surface area contributed by atoms with Crippen LogP contribution in [-0.4, -0.2) is 15.6 Å². The summed E-state index contributed by atoms with van der Waals surface area (Å²) in [6.07, 6.45) is 1.72. The Bertz CT molecular complexity index is 702. The fourth-order valence-electron chi connectivity index (χ4n) is 2.41. The van der Waals surface area contributed by atoms with Crippen LogP contribution < -0.4 is 0 Å². The van der Waals surface area contributed by atoms with E-state index < -0.39 is 17.6 Å². The number of halogens is 2. The van der Waals surface area contributed by atoms with Crippen molar-refractivity contribution < 1.29 is 18.7 Å². The molecule has 1 fully saturated rings. The molecular weight excluding hydrogens is 264 g/mol. The molecule has 0 atom stereocenters. The maximum atomic E-state index is 14.1. The van der Waals surface area contributed by atoms with Crippen LogP contribution in [0.4, 0.5) is 8.78 Å². The number of aryl methyl sites for hydroxylation is 1. The van der Waals surface area contributed by atoms with E-state index in [4.69, 9.17) is 0 Å². The highest BCUT2D eigenvalue weighted by Gasteiger charge is 2.30. The molecule has 0 radical (unpaired) electrons. The summed E-state index contributed by atoms with van der Waals surface area (Å²) >= 11 is 0. The number of nitrogens with zero attached hydrogens (tertiary/aromatic N) is 1. The fourth-order valence-corrected chi connectivity index (χ4v) is 2.41. The van der Waals surface area contributed by atoms with Gasteiger partial charge in [-0.25, -0.2) is 13.6 Å². The van der Waals surface area contributed by atoms with Crippen molar-refractivity contribution in [2.24, 2.45) is 0 Å². The van der Waals surface area contributed by atoms with E-state index in [0.717, 1.165) is 25.0 Å². The van der Waals surface area contributed by atoms with Gasteiger partial charge in [0.1, 0.15) is 17.3 Å². The number of hydrogen-bond acceptors (Lipinski definition) is 1. The highest BCUT2D eigenvalue weighted by molar-refractivity contribution is 5.87. The Morgan fingerprint density at radius 3 is 2.55 bits per heavy atom. The standard InChI is InChI=1S/C15H13F2NO2/c1-8-6-12(17)10(7-11(8)16)13-4-5-14(15(19)20)18(13)9-2-3-9/h4-7,9H,2-3H2,1H3,(H,19,20). The number of carboxylic acids is 1. The maximum Gasteiger partial charge on any atom is 0.352 e. The molecule has 2 aromatic rings. The van der Waals surface area contributed by atoms with Gasteiger partial charge in [0.05, 0.1) is 5.69 Å². The molecule has 5 heteroatoms. The minimum atomic E-state index is -1.06. The second-order valence-corrected chi connectivity index (χ2v) is 5.09. The summed E-state index contributed by atoms with van der Waals surface area (Å²) in [5.74, 6) is -2.10. The number of aromatic nitrogens is 1. The molecule has 0 spiro atoms. The Labute approximate surface area is 114 Å². The first kappa shape index (κ1) is 12.8. The Balaban J connectivity index is 2.20. The summed E-state index contributed by atoms with van der Waals surface area (Å²) in [5.41, 5.74) is 0.867. The lowest BCUT2D eigenvalue weighted by Crippen LogP contribution is -2.08. The summed E-state index contributed by atoms with van der Waals surface area (Å²) in [6.45, 7) is 1.49. The highest BCUT2D eigenvalue weighted by Crippen LogP contribution is 2.41. The minimum absolute atomic E-state index is 0.0647. The number of rotatable bonds is 3. The molecule has 0 bridgehead atoms. The maximum absolute atomic E-state index is 14.1. The molecule has 1 aromatic heterocycles. The molecule has 1 N–H and O–H groups in total. The normalized spacial score (nSPS) is 14.6. The zero-order valence-corrected chi connectivity index (χ0v) is 10.9. The van der Waals surface area contributed by atoms with Gasteiger partial charge in [-0.2, -0.15) is 0 Å². The minimum Gasteiger partial charge on any atom is -0.477 e. The Morgan fingerprint density at radius 1 is 1.25 bits per heavy atom. The monoisotopic (exact) mass is 277 g/mol. The first-order chi connectivity index (χ1) is 9.49. The molecule has 0 aliphatic heterocycles. The SMILES string of the molecule is Cc1cc(F)c(-c2ccc(C(=O)O)n2C2CC2)cc1F. The summed E-state index contributed by atoms with van der Waals surface area (Å²) in [7, 11) is 0. The van der Waals surface area contributed by atoms with Crippen LogP contribution in [0.5, 0.6) is 0 Å². The van der Waals surface area contributed by atoms with E-state index in [9.17, 15) is 18.7 Å². The number of benzene rings is 1. The van der Waals surface area contributed by atoms with E-state index in [2.05, 4.69) is 0 Å². The van der Waals surface area contributed by atoms with Crippen LogP contribution in [0.1, 0.15) is 34.9 Å². The second-order valence-electron chi connectivity index (χ2n) is 5.09. The van der Waals surface area contributed by atoms with E-state index in [1.54, 1.807) is 4.57 Å². The third kappa shape index (κ3) is 1.99. The van der Waals surface area contributed by atoms with Gasteiger partial charge in [-0.05, 0) is 49.6 Å². The van der Waals surface area contributed by atoms with Crippen molar-refractivity contribution in [1.29, 1.82) is 0 Å². The molecule has 0 saturated heterocycles. The molecule has 1 heterocycles. The van der Waals surface area contributed by atoms with E-state index >= 15 is 0 Å². The van der Waals surface area contributed by atoms with Gasteiger partial charge in [-0.15, -0.1) is 0 Å². The lowest BCUT2D eigenvalue weighted by atomic mass is 10.1. The van der Waals surface area contributed by atoms with Gasteiger partial charge < -0.3 is 9.67 Å². The number of carbonyl (C=O) groups is 1. The molecule has 1 aromatic carbocycles. The molecule has 20 heavy (non-hydrogen) atoms. The van der Waals surface area contributed by atoms with Crippen LogP contribution in [-0.2, 0) is 0 Å². The van der Waals surface area contributed by atoms with Crippen molar-refractivity contribution in [3.05, 3.63) is 47.2 Å². The van der Waals surface area contributed by atoms with Gasteiger partial charge in [-0.1, -0.05) is 0 Å². The largest absolute Gasteiger partial charge is 0.477 e. The van der Waals surface area contributed by atoms with Crippen molar-refractivity contribution >= 4 is 5.97 Å². The average molecular weight is 277 g/mol. The van der Waals surface area contributed by atoms with Gasteiger partial charge in [0, 0.05) is 11.6 Å². The first-order valence-electron chi connectivity index (χ1n) is 6.39. The molecule has 3 rings (SSSR count). The van der Waals surface area contributed by atoms with E-state index in [0.29, 0.717) is 5.69 Å². The third-order valence-electron chi connectivity index (χ3n) is 3.57. The van der Waals surface area contributed by atoms with Crippen molar-refractivity contribution in [3.8, 4) is 11.3 Å². The Kier molecular flexibility index (Phi) is 2.85. The quantitative estimate of drug-likeness (QED) is 0.927. The molecule has 1 aliphatic carbocycles. The predicted octanol–water partition coefficient (Wildman–Crippen LogP) is 3.77. The van der Waals surface area contributed by atoms with Gasteiger partial charge in [0.25, 0.3) is 0 Å². The van der Waals surface area contributed by atoms with Gasteiger partial charge in [-0.3, -0.25) is 0 Å². The van der Waals surface area contributed by atoms with Crippen molar-refractivity contribution in [2.75, 3.05) is 0 Å². The number of aromatic carboxylic acids is 1.